The monoisotopic (exact) mass is 613 g/mol. The van der Waals surface area contributed by atoms with Gasteiger partial charge in [0.2, 0.25) is 0 Å². The molecule has 0 fully saturated rings. The molecular weight excluding hydrogens is 554 g/mol. The Morgan fingerprint density at radius 2 is 1.24 bits per heavy atom. The lowest BCUT2D eigenvalue weighted by molar-refractivity contribution is -0.694. The van der Waals surface area contributed by atoms with Crippen molar-refractivity contribution in [1.29, 1.82) is 0 Å². The van der Waals surface area contributed by atoms with E-state index in [0.29, 0.717) is 19.6 Å². The Labute approximate surface area is 262 Å². The number of carbonyl (C=O) groups is 2. The fraction of sp³-hybridized carbons (Fsp3) is 0.788. The molecule has 0 saturated heterocycles. The standard InChI is InChI=1S/C33H59N3O5.ClH/c1-5-6-7-8-9-10-11-12-13-14-15-16-17-18-19-21-25-35(3)32(38)41-30-33(2,39-4)29-40-31(37)34-24-28-36-26-22-20-23-27-36;/h20,22-23,26-27H,5-19,21,24-25,28-30H2,1-4H3;1H. The van der Waals surface area contributed by atoms with Crippen LogP contribution in [-0.4, -0.2) is 63.1 Å². The van der Waals surface area contributed by atoms with Gasteiger partial charge in [0.15, 0.2) is 18.9 Å². The summed E-state index contributed by atoms with van der Waals surface area (Å²) in [7, 11) is 3.27. The minimum Gasteiger partial charge on any atom is -1.00 e. The molecule has 0 aliphatic rings. The SMILES string of the molecule is CCCCCCCCCCCCCCCCCCN(C)C(=O)OCC(C)(COC(=O)NCC[n+]1ccccc1)OC.[Cl-]. The second-order valence-corrected chi connectivity index (χ2v) is 11.5. The highest BCUT2D eigenvalue weighted by Gasteiger charge is 2.29. The van der Waals surface area contributed by atoms with Crippen LogP contribution in [-0.2, 0) is 20.8 Å². The van der Waals surface area contributed by atoms with Crippen molar-refractivity contribution in [3.8, 4) is 0 Å². The number of nitrogens with one attached hydrogen (secondary N) is 1. The summed E-state index contributed by atoms with van der Waals surface area (Å²) in [4.78, 5) is 26.1. The van der Waals surface area contributed by atoms with E-state index in [4.69, 9.17) is 14.2 Å². The molecule has 1 heterocycles. The second-order valence-electron chi connectivity index (χ2n) is 11.5. The summed E-state index contributed by atoms with van der Waals surface area (Å²) in [6.45, 7) is 5.75. The third kappa shape index (κ3) is 21.6. The van der Waals surface area contributed by atoms with Crippen LogP contribution < -0.4 is 22.3 Å². The van der Waals surface area contributed by atoms with Gasteiger partial charge in [-0.3, -0.25) is 0 Å². The molecule has 42 heavy (non-hydrogen) atoms. The average molecular weight is 614 g/mol. The van der Waals surface area contributed by atoms with Gasteiger partial charge in [-0.05, 0) is 13.3 Å². The summed E-state index contributed by atoms with van der Waals surface area (Å²) in [6, 6.07) is 5.81. The topological polar surface area (TPSA) is 81.0 Å². The number of halogens is 1. The first-order valence-corrected chi connectivity index (χ1v) is 16.2. The number of pyridine rings is 1. The lowest BCUT2D eigenvalue weighted by Gasteiger charge is -2.28. The van der Waals surface area contributed by atoms with Crippen molar-refractivity contribution in [1.82, 2.24) is 10.2 Å². The quantitative estimate of drug-likeness (QED) is 0.130. The van der Waals surface area contributed by atoms with Crippen LogP contribution in [0.4, 0.5) is 9.59 Å². The molecule has 8 nitrogen and oxygen atoms in total. The molecule has 1 rings (SSSR count). The van der Waals surface area contributed by atoms with E-state index < -0.39 is 17.8 Å². The number of hydrogen-bond donors (Lipinski definition) is 1. The van der Waals surface area contributed by atoms with E-state index in [-0.39, 0.29) is 25.6 Å². The molecule has 0 saturated carbocycles. The molecule has 0 bridgehead atoms. The van der Waals surface area contributed by atoms with Crippen LogP contribution in [0.5, 0.6) is 0 Å². The first-order chi connectivity index (χ1) is 19.9. The molecule has 2 amide bonds. The number of rotatable bonds is 25. The van der Waals surface area contributed by atoms with Crippen molar-refractivity contribution in [3.05, 3.63) is 30.6 Å². The highest BCUT2D eigenvalue weighted by Crippen LogP contribution is 2.14. The second kappa shape index (κ2) is 26.6. The number of nitrogens with zero attached hydrogens (tertiary/aromatic N) is 2. The Kier molecular flexibility index (Phi) is 25.3. The number of methoxy groups -OCH3 is 1. The predicted octanol–water partition coefficient (Wildman–Crippen LogP) is 4.44. The van der Waals surface area contributed by atoms with Gasteiger partial charge in [0.05, 0.1) is 6.54 Å². The van der Waals surface area contributed by atoms with E-state index in [1.165, 1.54) is 97.0 Å². The van der Waals surface area contributed by atoms with E-state index in [9.17, 15) is 9.59 Å². The molecule has 1 aromatic rings. The summed E-state index contributed by atoms with van der Waals surface area (Å²) < 4.78 is 18.2. The van der Waals surface area contributed by atoms with Gasteiger partial charge < -0.3 is 36.8 Å². The van der Waals surface area contributed by atoms with Gasteiger partial charge in [0.25, 0.3) is 0 Å². The Morgan fingerprint density at radius 3 is 1.74 bits per heavy atom. The zero-order valence-corrected chi connectivity index (χ0v) is 27.8. The molecular formula is C33H60ClN3O5. The van der Waals surface area contributed by atoms with Gasteiger partial charge in [-0.25, -0.2) is 14.2 Å². The van der Waals surface area contributed by atoms with E-state index in [1.54, 1.807) is 18.9 Å². The number of carbonyl (C=O) groups excluding carboxylic acids is 2. The number of ether oxygens (including phenoxy) is 3. The van der Waals surface area contributed by atoms with Crippen molar-refractivity contribution in [2.24, 2.45) is 0 Å². The zero-order chi connectivity index (χ0) is 30.0. The van der Waals surface area contributed by atoms with Gasteiger partial charge in [-0.2, -0.15) is 0 Å². The van der Waals surface area contributed by atoms with Crippen LogP contribution >= 0.6 is 0 Å². The number of aromatic nitrogens is 1. The fourth-order valence-corrected chi connectivity index (χ4v) is 4.61. The predicted molar refractivity (Wildman–Crippen MR) is 165 cm³/mol. The van der Waals surface area contributed by atoms with E-state index in [1.807, 2.05) is 35.2 Å². The molecule has 0 aromatic carbocycles. The first-order valence-electron chi connectivity index (χ1n) is 16.2. The molecule has 1 atom stereocenters. The molecule has 1 unspecified atom stereocenters. The van der Waals surface area contributed by atoms with E-state index in [2.05, 4.69) is 12.2 Å². The van der Waals surface area contributed by atoms with Gasteiger partial charge >= 0.3 is 12.2 Å². The Hall–Kier alpha value is -2.06. The number of hydrogen-bond acceptors (Lipinski definition) is 5. The number of amides is 2. The van der Waals surface area contributed by atoms with Crippen molar-refractivity contribution in [2.45, 2.75) is 129 Å². The van der Waals surface area contributed by atoms with Crippen molar-refractivity contribution >= 4 is 12.2 Å². The first kappa shape index (κ1) is 39.9. The maximum Gasteiger partial charge on any atom is 0.409 e. The minimum absolute atomic E-state index is 0. The van der Waals surface area contributed by atoms with Crippen molar-refractivity contribution in [3.63, 3.8) is 0 Å². The van der Waals surface area contributed by atoms with E-state index >= 15 is 0 Å². The summed E-state index contributed by atoms with van der Waals surface area (Å²) in [5.74, 6) is 0. The molecule has 9 heteroatoms. The van der Waals surface area contributed by atoms with Crippen LogP contribution in [0.25, 0.3) is 0 Å². The lowest BCUT2D eigenvalue weighted by atomic mass is 10.0. The summed E-state index contributed by atoms with van der Waals surface area (Å²) in [5.41, 5.74) is -0.920. The van der Waals surface area contributed by atoms with Crippen LogP contribution in [0.1, 0.15) is 117 Å². The lowest BCUT2D eigenvalue weighted by Crippen LogP contribution is -3.00. The average Bonchev–Trinajstić information content (AvgIpc) is 2.99. The summed E-state index contributed by atoms with van der Waals surface area (Å²) in [6.07, 6.45) is 24.1. The van der Waals surface area contributed by atoms with Gasteiger partial charge in [-0.1, -0.05) is 109 Å². The summed E-state index contributed by atoms with van der Waals surface area (Å²) >= 11 is 0. The van der Waals surface area contributed by atoms with Crippen molar-refractivity contribution in [2.75, 3.05) is 40.5 Å². The Morgan fingerprint density at radius 1 is 0.762 bits per heavy atom. The van der Waals surface area contributed by atoms with E-state index in [0.717, 1.165) is 12.8 Å². The number of alkyl carbamates (subject to hydrolysis) is 1. The molecule has 0 aliphatic carbocycles. The highest BCUT2D eigenvalue weighted by molar-refractivity contribution is 5.67. The minimum atomic E-state index is -0.920. The van der Waals surface area contributed by atoms with Crippen molar-refractivity contribution < 1.29 is 40.8 Å². The maximum absolute atomic E-state index is 12.4. The van der Waals surface area contributed by atoms with Gasteiger partial charge in [-0.15, -0.1) is 0 Å². The number of unbranched alkanes of at least 4 members (excludes halogenated alkanes) is 15. The third-order valence-corrected chi connectivity index (χ3v) is 7.58. The van der Waals surface area contributed by atoms with Crippen LogP contribution in [0.15, 0.2) is 30.6 Å². The molecule has 1 N–H and O–H groups in total. The maximum atomic E-state index is 12.4. The molecule has 244 valence electrons. The van der Waals surface area contributed by atoms with Gasteiger partial charge in [0.1, 0.15) is 18.8 Å². The summed E-state index contributed by atoms with van der Waals surface area (Å²) in [5, 5.41) is 2.72. The van der Waals surface area contributed by atoms with Crippen LogP contribution in [0.3, 0.4) is 0 Å². The molecule has 0 aliphatic heterocycles. The zero-order valence-electron chi connectivity index (χ0n) is 27.0. The molecule has 0 spiro atoms. The smallest absolute Gasteiger partial charge is 0.409 e. The third-order valence-electron chi connectivity index (χ3n) is 7.58. The Bertz CT molecular complexity index is 786. The Balaban J connectivity index is 0.0000168. The molecule has 1 aromatic heterocycles. The van der Waals surface area contributed by atoms with Crippen LogP contribution in [0.2, 0.25) is 0 Å². The van der Waals surface area contributed by atoms with Gasteiger partial charge in [0, 0.05) is 32.8 Å². The highest BCUT2D eigenvalue weighted by atomic mass is 35.5. The molecule has 0 radical (unpaired) electrons. The largest absolute Gasteiger partial charge is 1.00 e. The van der Waals surface area contributed by atoms with Crippen LogP contribution in [0, 0.1) is 0 Å². The normalized spacial score (nSPS) is 12.2. The fourth-order valence-electron chi connectivity index (χ4n) is 4.61.